The zero-order valence-corrected chi connectivity index (χ0v) is 11.5. The number of ether oxygens (including phenoxy) is 1. The molecule has 2 rings (SSSR count). The highest BCUT2D eigenvalue weighted by Crippen LogP contribution is 2.35. The molecule has 17 heavy (non-hydrogen) atoms. The zero-order valence-electron chi connectivity index (χ0n) is 9.88. The topological polar surface area (TPSA) is 55.3 Å². The summed E-state index contributed by atoms with van der Waals surface area (Å²) in [6.07, 6.45) is 2.15. The van der Waals surface area contributed by atoms with Gasteiger partial charge in [-0.3, -0.25) is 9.69 Å². The highest BCUT2D eigenvalue weighted by molar-refractivity contribution is 8.01. The lowest BCUT2D eigenvalue weighted by atomic mass is 10.5. The quantitative estimate of drug-likeness (QED) is 0.449. The fraction of sp³-hybridized carbons (Fsp3) is 0.700. The Morgan fingerprint density at radius 3 is 2.94 bits per heavy atom. The summed E-state index contributed by atoms with van der Waals surface area (Å²) in [5, 5.41) is 8.90. The molecule has 0 radical (unpaired) electrons. The van der Waals surface area contributed by atoms with Gasteiger partial charge in [0.05, 0.1) is 6.61 Å². The average molecular weight is 273 g/mol. The molecule has 1 amide bonds. The highest BCUT2D eigenvalue weighted by Gasteiger charge is 2.34. The van der Waals surface area contributed by atoms with Crippen molar-refractivity contribution in [1.82, 2.24) is 10.2 Å². The Balaban J connectivity index is 1.98. The largest absolute Gasteiger partial charge is 0.384 e. The molecule has 0 bridgehead atoms. The first-order valence-electron chi connectivity index (χ1n) is 5.47. The summed E-state index contributed by atoms with van der Waals surface area (Å²) in [5.74, 6) is 0.909. The van der Waals surface area contributed by atoms with E-state index in [0.29, 0.717) is 12.6 Å². The lowest BCUT2D eigenvalue weighted by Crippen LogP contribution is -2.30. The second-order valence-corrected chi connectivity index (χ2v) is 6.11. The number of hydrogen-bond donors (Lipinski definition) is 0. The molecule has 0 aliphatic heterocycles. The van der Waals surface area contributed by atoms with Crippen molar-refractivity contribution in [3.8, 4) is 0 Å². The van der Waals surface area contributed by atoms with E-state index in [9.17, 15) is 4.79 Å². The van der Waals surface area contributed by atoms with Crippen LogP contribution in [-0.2, 0) is 9.53 Å². The Kier molecular flexibility index (Phi) is 4.36. The van der Waals surface area contributed by atoms with Gasteiger partial charge in [0.1, 0.15) is 0 Å². The van der Waals surface area contributed by atoms with Gasteiger partial charge in [0.15, 0.2) is 4.34 Å². The van der Waals surface area contributed by atoms with E-state index in [2.05, 4.69) is 10.2 Å². The third kappa shape index (κ3) is 3.40. The first-order chi connectivity index (χ1) is 8.22. The Labute approximate surface area is 109 Å². The van der Waals surface area contributed by atoms with Gasteiger partial charge in [-0.15, -0.1) is 10.2 Å². The van der Waals surface area contributed by atoms with Gasteiger partial charge >= 0.3 is 0 Å². The fourth-order valence-corrected chi connectivity index (χ4v) is 3.38. The minimum absolute atomic E-state index is 0.0529. The van der Waals surface area contributed by atoms with Crippen LogP contribution in [0.3, 0.4) is 0 Å². The van der Waals surface area contributed by atoms with Crippen molar-refractivity contribution in [2.75, 3.05) is 24.4 Å². The number of carbonyl (C=O) groups excluding carboxylic acids is 1. The van der Waals surface area contributed by atoms with Gasteiger partial charge in [-0.2, -0.15) is 0 Å². The molecule has 1 fully saturated rings. The first-order valence-corrected chi connectivity index (χ1v) is 7.27. The number of aromatic nitrogens is 2. The molecule has 0 N–H and O–H groups in total. The van der Waals surface area contributed by atoms with E-state index >= 15 is 0 Å². The lowest BCUT2D eigenvalue weighted by Gasteiger charge is -2.15. The second-order valence-electron chi connectivity index (χ2n) is 3.81. The normalized spacial score (nSPS) is 14.9. The van der Waals surface area contributed by atoms with E-state index < -0.39 is 0 Å². The Bertz CT molecular complexity index is 393. The molecule has 1 aliphatic carbocycles. The van der Waals surface area contributed by atoms with Crippen LogP contribution < -0.4 is 4.90 Å². The maximum Gasteiger partial charge on any atom is 0.225 e. The molecule has 0 aromatic carbocycles. The summed E-state index contributed by atoms with van der Waals surface area (Å²) >= 11 is 3.09. The van der Waals surface area contributed by atoms with Gasteiger partial charge in [-0.25, -0.2) is 0 Å². The first kappa shape index (κ1) is 12.8. The molecular formula is C10H15N3O2S2. The summed E-state index contributed by atoms with van der Waals surface area (Å²) in [6, 6.07) is 0.345. The maximum atomic E-state index is 11.5. The minimum Gasteiger partial charge on any atom is -0.384 e. The summed E-state index contributed by atoms with van der Waals surface area (Å²) in [7, 11) is 1.68. The standard InChI is InChI=1S/C10H15N3O2S2/c1-7(14)13(8-3-4-8)9-11-12-10(17-9)16-6-5-15-2/h8H,3-6H2,1-2H3. The Hall–Kier alpha value is -0.660. The molecule has 0 spiro atoms. The van der Waals surface area contributed by atoms with Gasteiger partial charge in [0.25, 0.3) is 0 Å². The van der Waals surface area contributed by atoms with Crippen LogP contribution in [0.4, 0.5) is 5.13 Å². The smallest absolute Gasteiger partial charge is 0.225 e. The fourth-order valence-electron chi connectivity index (χ4n) is 1.45. The number of carbonyl (C=O) groups is 1. The maximum absolute atomic E-state index is 11.5. The van der Waals surface area contributed by atoms with Crippen LogP contribution in [0, 0.1) is 0 Å². The Morgan fingerprint density at radius 2 is 2.35 bits per heavy atom. The molecular weight excluding hydrogens is 258 g/mol. The third-order valence-electron chi connectivity index (χ3n) is 2.37. The number of rotatable bonds is 6. The predicted octanol–water partition coefficient (Wildman–Crippen LogP) is 1.79. The second kappa shape index (κ2) is 5.79. The zero-order chi connectivity index (χ0) is 12.3. The van der Waals surface area contributed by atoms with Gasteiger partial charge in [0, 0.05) is 25.8 Å². The third-order valence-corrected chi connectivity index (χ3v) is 4.39. The molecule has 0 saturated heterocycles. The van der Waals surface area contributed by atoms with E-state index in [1.165, 1.54) is 11.3 Å². The molecule has 94 valence electrons. The van der Waals surface area contributed by atoms with Crippen molar-refractivity contribution in [3.05, 3.63) is 0 Å². The number of hydrogen-bond acceptors (Lipinski definition) is 6. The Morgan fingerprint density at radius 1 is 1.59 bits per heavy atom. The summed E-state index contributed by atoms with van der Waals surface area (Å²) in [5.41, 5.74) is 0. The van der Waals surface area contributed by atoms with Crippen molar-refractivity contribution < 1.29 is 9.53 Å². The van der Waals surface area contributed by atoms with E-state index in [-0.39, 0.29) is 5.91 Å². The van der Waals surface area contributed by atoms with E-state index in [4.69, 9.17) is 4.74 Å². The van der Waals surface area contributed by atoms with Crippen molar-refractivity contribution in [1.29, 1.82) is 0 Å². The van der Waals surface area contributed by atoms with Gasteiger partial charge < -0.3 is 4.74 Å². The lowest BCUT2D eigenvalue weighted by molar-refractivity contribution is -0.116. The van der Waals surface area contributed by atoms with Crippen molar-refractivity contribution >= 4 is 34.1 Å². The van der Waals surface area contributed by atoms with Gasteiger partial charge in [-0.1, -0.05) is 23.1 Å². The SMILES string of the molecule is COCCSc1nnc(N(C(C)=O)C2CC2)s1. The van der Waals surface area contributed by atoms with Gasteiger partial charge in [0.2, 0.25) is 11.0 Å². The number of nitrogens with zero attached hydrogens (tertiary/aromatic N) is 3. The molecule has 1 heterocycles. The van der Waals surface area contributed by atoms with E-state index in [1.807, 2.05) is 0 Å². The van der Waals surface area contributed by atoms with Crippen LogP contribution in [0.15, 0.2) is 4.34 Å². The van der Waals surface area contributed by atoms with E-state index in [1.54, 1.807) is 30.7 Å². The van der Waals surface area contributed by atoms with Crippen LogP contribution >= 0.6 is 23.1 Å². The van der Waals surface area contributed by atoms with Crippen molar-refractivity contribution in [2.24, 2.45) is 0 Å². The molecule has 1 aliphatic rings. The summed E-state index contributed by atoms with van der Waals surface area (Å²) in [6.45, 7) is 2.27. The van der Waals surface area contributed by atoms with Crippen LogP contribution in [0.1, 0.15) is 19.8 Å². The predicted molar refractivity (Wildman–Crippen MR) is 68.7 cm³/mol. The van der Waals surface area contributed by atoms with Crippen LogP contribution in [-0.4, -0.2) is 41.6 Å². The highest BCUT2D eigenvalue weighted by atomic mass is 32.2. The van der Waals surface area contributed by atoms with Crippen LogP contribution in [0.5, 0.6) is 0 Å². The van der Waals surface area contributed by atoms with Gasteiger partial charge in [-0.05, 0) is 12.8 Å². The van der Waals surface area contributed by atoms with Crippen LogP contribution in [0.25, 0.3) is 0 Å². The number of methoxy groups -OCH3 is 1. The van der Waals surface area contributed by atoms with E-state index in [0.717, 1.165) is 28.1 Å². The molecule has 5 nitrogen and oxygen atoms in total. The molecule has 1 saturated carbocycles. The summed E-state index contributed by atoms with van der Waals surface area (Å²) < 4.78 is 5.87. The number of thioether (sulfide) groups is 1. The van der Waals surface area contributed by atoms with Crippen molar-refractivity contribution in [2.45, 2.75) is 30.1 Å². The molecule has 1 aromatic rings. The molecule has 0 unspecified atom stereocenters. The van der Waals surface area contributed by atoms with Crippen LogP contribution in [0.2, 0.25) is 0 Å². The molecule has 1 aromatic heterocycles. The average Bonchev–Trinajstić information content (AvgIpc) is 2.99. The molecule has 0 atom stereocenters. The minimum atomic E-state index is 0.0529. The molecule has 7 heteroatoms. The number of anilines is 1. The monoisotopic (exact) mass is 273 g/mol. The summed E-state index contributed by atoms with van der Waals surface area (Å²) in [4.78, 5) is 13.3. The van der Waals surface area contributed by atoms with Crippen molar-refractivity contribution in [3.63, 3.8) is 0 Å². The number of amides is 1.